The molecule has 0 aliphatic heterocycles. The van der Waals surface area contributed by atoms with Crippen LogP contribution in [-0.2, 0) is 6.54 Å². The summed E-state index contributed by atoms with van der Waals surface area (Å²) in [4.78, 5) is 30.4. The largest absolute Gasteiger partial charge is 0.322 e. The van der Waals surface area contributed by atoms with Gasteiger partial charge in [-0.05, 0) is 42.3 Å². The second kappa shape index (κ2) is 7.48. The Balaban J connectivity index is 1.81. The van der Waals surface area contributed by atoms with E-state index in [9.17, 15) is 9.59 Å². The minimum Gasteiger partial charge on any atom is -0.322 e. The first-order valence-electron chi connectivity index (χ1n) is 9.03. The van der Waals surface area contributed by atoms with E-state index in [-0.39, 0.29) is 11.1 Å². The van der Waals surface area contributed by atoms with E-state index in [0.29, 0.717) is 17.9 Å². The molecule has 2 aromatic carbocycles. The average Bonchev–Trinajstić information content (AvgIpc) is 2.72. The van der Waals surface area contributed by atoms with Crippen LogP contribution >= 0.6 is 0 Å². The number of amides is 1. The Labute approximate surface area is 162 Å². The number of benzene rings is 2. The normalized spacial score (nSPS) is 10.8. The van der Waals surface area contributed by atoms with Crippen molar-refractivity contribution in [1.82, 2.24) is 9.55 Å². The molecule has 138 valence electrons. The molecule has 0 saturated heterocycles. The molecule has 0 unspecified atom stereocenters. The lowest BCUT2D eigenvalue weighted by atomic mass is 10.1. The highest BCUT2D eigenvalue weighted by molar-refractivity contribution is 6.05. The number of aromatic nitrogens is 2. The van der Waals surface area contributed by atoms with Crippen molar-refractivity contribution < 1.29 is 4.79 Å². The predicted octanol–water partition coefficient (Wildman–Crippen LogP) is 4.01. The van der Waals surface area contributed by atoms with Gasteiger partial charge in [-0.2, -0.15) is 0 Å². The van der Waals surface area contributed by atoms with Crippen LogP contribution in [0.15, 0.2) is 83.8 Å². The van der Waals surface area contributed by atoms with E-state index in [4.69, 9.17) is 0 Å². The minimum absolute atomic E-state index is 0.0969. The molecular formula is C23H19N3O2. The van der Waals surface area contributed by atoms with Crippen molar-refractivity contribution in [2.75, 3.05) is 5.32 Å². The predicted molar refractivity (Wildman–Crippen MR) is 111 cm³/mol. The number of nitrogens with zero attached hydrogens (tertiary/aromatic N) is 2. The van der Waals surface area contributed by atoms with Gasteiger partial charge in [0.25, 0.3) is 11.5 Å². The van der Waals surface area contributed by atoms with Crippen molar-refractivity contribution in [2.24, 2.45) is 0 Å². The van der Waals surface area contributed by atoms with Crippen LogP contribution in [0.3, 0.4) is 0 Å². The van der Waals surface area contributed by atoms with Gasteiger partial charge in [-0.3, -0.25) is 14.2 Å². The zero-order chi connectivity index (χ0) is 19.5. The van der Waals surface area contributed by atoms with Crippen LogP contribution < -0.4 is 10.9 Å². The van der Waals surface area contributed by atoms with Gasteiger partial charge in [-0.1, -0.05) is 48.5 Å². The third kappa shape index (κ3) is 3.42. The summed E-state index contributed by atoms with van der Waals surface area (Å²) < 4.78 is 1.55. The molecule has 4 rings (SSSR count). The number of carbonyl (C=O) groups is 1. The van der Waals surface area contributed by atoms with Gasteiger partial charge in [0.2, 0.25) is 0 Å². The molecule has 0 aliphatic carbocycles. The number of nitrogens with one attached hydrogen (secondary N) is 1. The van der Waals surface area contributed by atoms with Gasteiger partial charge >= 0.3 is 0 Å². The molecule has 5 heteroatoms. The van der Waals surface area contributed by atoms with Crippen molar-refractivity contribution in [3.63, 3.8) is 0 Å². The average molecular weight is 369 g/mol. The number of hydrogen-bond donors (Lipinski definition) is 1. The van der Waals surface area contributed by atoms with Crippen LogP contribution in [0.1, 0.15) is 21.5 Å². The van der Waals surface area contributed by atoms with Crippen LogP contribution in [-0.4, -0.2) is 15.5 Å². The Hall–Kier alpha value is -3.73. The number of carbonyl (C=O) groups excluding carboxylic acids is 1. The molecule has 0 atom stereocenters. The Morgan fingerprint density at radius 2 is 1.75 bits per heavy atom. The summed E-state index contributed by atoms with van der Waals surface area (Å²) in [6.45, 7) is 2.26. The first-order chi connectivity index (χ1) is 13.6. The van der Waals surface area contributed by atoms with E-state index in [2.05, 4.69) is 10.3 Å². The molecule has 0 fully saturated rings. The first-order valence-corrected chi connectivity index (χ1v) is 9.03. The second-order valence-electron chi connectivity index (χ2n) is 6.62. The highest BCUT2D eigenvalue weighted by Crippen LogP contribution is 2.16. The molecule has 0 bridgehead atoms. The fraction of sp³-hybridized carbons (Fsp3) is 0.0870. The van der Waals surface area contributed by atoms with Crippen molar-refractivity contribution in [3.05, 3.63) is 106 Å². The van der Waals surface area contributed by atoms with E-state index >= 15 is 0 Å². The number of para-hydroxylation sites is 1. The molecule has 4 aromatic rings. The number of hydrogen-bond acceptors (Lipinski definition) is 3. The van der Waals surface area contributed by atoms with Crippen LogP contribution in [0.5, 0.6) is 0 Å². The van der Waals surface area contributed by atoms with Gasteiger partial charge < -0.3 is 5.32 Å². The number of aryl methyl sites for hydroxylation is 1. The Morgan fingerprint density at radius 1 is 1.00 bits per heavy atom. The smallest absolute Gasteiger partial charge is 0.265 e. The summed E-state index contributed by atoms with van der Waals surface area (Å²) in [5.41, 5.74) is 2.88. The lowest BCUT2D eigenvalue weighted by Crippen LogP contribution is -2.30. The first kappa shape index (κ1) is 17.7. The van der Waals surface area contributed by atoms with E-state index in [1.54, 1.807) is 22.9 Å². The van der Waals surface area contributed by atoms with Gasteiger partial charge in [0.05, 0.1) is 6.54 Å². The molecular weight excluding hydrogens is 350 g/mol. The molecule has 5 nitrogen and oxygen atoms in total. The standard InChI is InChI=1S/C23H19N3O2/c1-16-8-5-6-12-20(16)25-22(27)19-14-18-11-7-13-24-21(18)26(23(19)28)15-17-9-3-2-4-10-17/h2-14H,15H2,1H3,(H,25,27). The molecule has 0 radical (unpaired) electrons. The van der Waals surface area contributed by atoms with E-state index < -0.39 is 5.91 Å². The number of pyridine rings is 2. The van der Waals surface area contributed by atoms with Crippen LogP contribution in [0, 0.1) is 6.92 Å². The third-order valence-corrected chi connectivity index (χ3v) is 4.67. The molecule has 2 aromatic heterocycles. The zero-order valence-corrected chi connectivity index (χ0v) is 15.4. The molecule has 0 saturated carbocycles. The lowest BCUT2D eigenvalue weighted by Gasteiger charge is -2.13. The molecule has 0 aliphatic rings. The van der Waals surface area contributed by atoms with Gasteiger partial charge in [0.15, 0.2) is 0 Å². The summed E-state index contributed by atoms with van der Waals surface area (Å²) in [6.07, 6.45) is 1.65. The highest BCUT2D eigenvalue weighted by Gasteiger charge is 2.17. The Morgan fingerprint density at radius 3 is 2.54 bits per heavy atom. The zero-order valence-electron chi connectivity index (χ0n) is 15.4. The van der Waals surface area contributed by atoms with Crippen LogP contribution in [0.25, 0.3) is 11.0 Å². The van der Waals surface area contributed by atoms with Crippen molar-refractivity contribution in [3.8, 4) is 0 Å². The monoisotopic (exact) mass is 369 g/mol. The summed E-state index contributed by atoms with van der Waals surface area (Å²) in [6, 6.07) is 22.4. The molecule has 2 heterocycles. The summed E-state index contributed by atoms with van der Waals surface area (Å²) in [5, 5.41) is 3.59. The summed E-state index contributed by atoms with van der Waals surface area (Å²) in [5.74, 6) is -0.424. The fourth-order valence-corrected chi connectivity index (χ4v) is 3.18. The highest BCUT2D eigenvalue weighted by atomic mass is 16.2. The fourth-order valence-electron chi connectivity index (χ4n) is 3.18. The van der Waals surface area contributed by atoms with E-state index in [1.807, 2.05) is 67.6 Å². The maximum absolute atomic E-state index is 13.2. The molecule has 0 spiro atoms. The maximum atomic E-state index is 13.2. The van der Waals surface area contributed by atoms with Gasteiger partial charge in [0.1, 0.15) is 11.2 Å². The van der Waals surface area contributed by atoms with Gasteiger partial charge in [0, 0.05) is 17.3 Å². The number of rotatable bonds is 4. The topological polar surface area (TPSA) is 64.0 Å². The van der Waals surface area contributed by atoms with Gasteiger partial charge in [-0.25, -0.2) is 4.98 Å². The quantitative estimate of drug-likeness (QED) is 0.591. The third-order valence-electron chi connectivity index (χ3n) is 4.67. The van der Waals surface area contributed by atoms with E-state index in [1.165, 1.54) is 0 Å². The number of anilines is 1. The molecule has 1 N–H and O–H groups in total. The lowest BCUT2D eigenvalue weighted by molar-refractivity contribution is 0.102. The van der Waals surface area contributed by atoms with Crippen LogP contribution in [0.4, 0.5) is 5.69 Å². The second-order valence-corrected chi connectivity index (χ2v) is 6.62. The Bertz CT molecular complexity index is 1210. The number of fused-ring (bicyclic) bond motifs is 1. The van der Waals surface area contributed by atoms with Gasteiger partial charge in [-0.15, -0.1) is 0 Å². The summed E-state index contributed by atoms with van der Waals surface area (Å²) >= 11 is 0. The Kier molecular flexibility index (Phi) is 4.72. The van der Waals surface area contributed by atoms with Crippen molar-refractivity contribution in [1.29, 1.82) is 0 Å². The SMILES string of the molecule is Cc1ccccc1NC(=O)c1cc2cccnc2n(Cc2ccccc2)c1=O. The molecule has 28 heavy (non-hydrogen) atoms. The summed E-state index contributed by atoms with van der Waals surface area (Å²) in [7, 11) is 0. The minimum atomic E-state index is -0.424. The van der Waals surface area contributed by atoms with Crippen molar-refractivity contribution >= 4 is 22.6 Å². The van der Waals surface area contributed by atoms with Crippen LogP contribution in [0.2, 0.25) is 0 Å². The van der Waals surface area contributed by atoms with E-state index in [0.717, 1.165) is 16.5 Å². The van der Waals surface area contributed by atoms with Crippen molar-refractivity contribution in [2.45, 2.75) is 13.5 Å². The maximum Gasteiger partial charge on any atom is 0.265 e. The molecule has 1 amide bonds.